The monoisotopic (exact) mass is 406 g/mol. The quantitative estimate of drug-likeness (QED) is 0.370. The molecule has 0 bridgehead atoms. The minimum Gasteiger partial charge on any atom is -0.444 e. The maximum absolute atomic E-state index is 6.14. The second-order valence-corrected chi connectivity index (χ2v) is 7.90. The van der Waals surface area contributed by atoms with Crippen LogP contribution in [0.15, 0.2) is 72.8 Å². The largest absolute Gasteiger partial charge is 0.444 e. The zero-order chi connectivity index (χ0) is 19.5. The summed E-state index contributed by atoms with van der Waals surface area (Å²) in [5, 5.41) is 5.60. The van der Waals surface area contributed by atoms with Gasteiger partial charge < -0.3 is 10.1 Å². The van der Waals surface area contributed by atoms with Gasteiger partial charge in [0.2, 0.25) is 5.06 Å². The highest BCUT2D eigenvalue weighted by Crippen LogP contribution is 2.41. The number of hydrogen-bond acceptors (Lipinski definition) is 4. The molecule has 0 spiro atoms. The fraction of sp³-hybridized carbons (Fsp3) is 0.0870. The molecule has 0 unspecified atom stereocenters. The van der Waals surface area contributed by atoms with E-state index in [9.17, 15) is 0 Å². The Bertz CT molecular complexity index is 1090. The van der Waals surface area contributed by atoms with Crippen LogP contribution in [0.5, 0.6) is 10.8 Å². The highest BCUT2D eigenvalue weighted by atomic mass is 35.5. The standard InChI is InChI=1S/C23H19ClN2OS/c1-15-8-11-19(14-16(15)2)25-23-26-21(17-6-4-3-5-7-17)22(28-23)27-20-12-9-18(24)10-13-20/h3-14H,1-2H3,(H,25,26). The molecule has 4 rings (SSSR count). The van der Waals surface area contributed by atoms with Gasteiger partial charge in [-0.2, -0.15) is 0 Å². The number of benzene rings is 3. The van der Waals surface area contributed by atoms with Gasteiger partial charge in [-0.15, -0.1) is 0 Å². The Morgan fingerprint density at radius 1 is 0.893 bits per heavy atom. The van der Waals surface area contributed by atoms with Crippen LogP contribution in [0.1, 0.15) is 11.1 Å². The van der Waals surface area contributed by atoms with Crippen LogP contribution in [0.2, 0.25) is 5.02 Å². The molecule has 0 atom stereocenters. The Kier molecular flexibility index (Phi) is 5.33. The SMILES string of the molecule is Cc1ccc(Nc2nc(-c3ccccc3)c(Oc3ccc(Cl)cc3)s2)cc1C. The van der Waals surface area contributed by atoms with Gasteiger partial charge >= 0.3 is 0 Å². The average molecular weight is 407 g/mol. The van der Waals surface area contributed by atoms with Gasteiger partial charge in [-0.25, -0.2) is 4.98 Å². The number of anilines is 2. The first-order chi connectivity index (χ1) is 13.6. The molecule has 4 aromatic rings. The first kappa shape index (κ1) is 18.5. The molecule has 3 nitrogen and oxygen atoms in total. The maximum atomic E-state index is 6.14. The normalized spacial score (nSPS) is 10.7. The number of hydrogen-bond donors (Lipinski definition) is 1. The minimum atomic E-state index is 0.678. The van der Waals surface area contributed by atoms with Crippen LogP contribution in [-0.2, 0) is 0 Å². The van der Waals surface area contributed by atoms with Crippen molar-refractivity contribution in [1.82, 2.24) is 4.98 Å². The van der Waals surface area contributed by atoms with E-state index in [0.717, 1.165) is 32.9 Å². The number of nitrogens with one attached hydrogen (secondary N) is 1. The second-order valence-electron chi connectivity index (χ2n) is 6.50. The van der Waals surface area contributed by atoms with Gasteiger partial charge in [0.05, 0.1) is 0 Å². The van der Waals surface area contributed by atoms with E-state index in [4.69, 9.17) is 21.3 Å². The zero-order valence-corrected chi connectivity index (χ0v) is 17.1. The molecule has 0 saturated heterocycles. The summed E-state index contributed by atoms with van der Waals surface area (Å²) in [5.74, 6) is 0.725. The third-order valence-corrected chi connectivity index (χ3v) is 5.53. The summed E-state index contributed by atoms with van der Waals surface area (Å²) in [4.78, 5) is 4.80. The summed E-state index contributed by atoms with van der Waals surface area (Å²) in [6.07, 6.45) is 0. The van der Waals surface area contributed by atoms with Gasteiger partial charge in [0.1, 0.15) is 11.4 Å². The molecule has 0 radical (unpaired) electrons. The van der Waals surface area contributed by atoms with Crippen LogP contribution in [-0.4, -0.2) is 4.98 Å². The molecule has 1 aromatic heterocycles. The average Bonchev–Trinajstić information content (AvgIpc) is 3.09. The summed E-state index contributed by atoms with van der Waals surface area (Å²) in [6.45, 7) is 4.21. The van der Waals surface area contributed by atoms with Gasteiger partial charge in [0, 0.05) is 16.3 Å². The molecule has 28 heavy (non-hydrogen) atoms. The summed E-state index contributed by atoms with van der Waals surface area (Å²) in [5.41, 5.74) is 5.33. The summed E-state index contributed by atoms with van der Waals surface area (Å²) >= 11 is 7.47. The van der Waals surface area contributed by atoms with E-state index < -0.39 is 0 Å². The topological polar surface area (TPSA) is 34.2 Å². The molecule has 0 aliphatic carbocycles. The third-order valence-electron chi connectivity index (χ3n) is 4.43. The van der Waals surface area contributed by atoms with Crippen LogP contribution in [0.25, 0.3) is 11.3 Å². The number of nitrogens with zero attached hydrogens (tertiary/aromatic N) is 1. The van der Waals surface area contributed by atoms with Crippen LogP contribution < -0.4 is 10.1 Å². The molecule has 1 heterocycles. The van der Waals surface area contributed by atoms with Gasteiger partial charge in [-0.1, -0.05) is 59.3 Å². The summed E-state index contributed by atoms with van der Waals surface area (Å²) in [7, 11) is 0. The highest BCUT2D eigenvalue weighted by molar-refractivity contribution is 7.18. The van der Waals surface area contributed by atoms with Gasteiger partial charge in [0.15, 0.2) is 5.13 Å². The predicted octanol–water partition coefficient (Wildman–Crippen LogP) is 7.62. The summed E-state index contributed by atoms with van der Waals surface area (Å²) in [6, 6.07) is 23.7. The molecule has 140 valence electrons. The van der Waals surface area contributed by atoms with Crippen LogP contribution >= 0.6 is 22.9 Å². The predicted molar refractivity (Wildman–Crippen MR) is 118 cm³/mol. The molecule has 1 N–H and O–H groups in total. The summed E-state index contributed by atoms with van der Waals surface area (Å²) < 4.78 is 6.14. The lowest BCUT2D eigenvalue weighted by atomic mass is 10.1. The maximum Gasteiger partial charge on any atom is 0.210 e. The van der Waals surface area contributed by atoms with Crippen molar-refractivity contribution in [2.45, 2.75) is 13.8 Å². The third kappa shape index (κ3) is 4.19. The molecule has 0 fully saturated rings. The molecule has 3 aromatic carbocycles. The Morgan fingerprint density at radius 3 is 2.36 bits per heavy atom. The Hall–Kier alpha value is -2.82. The smallest absolute Gasteiger partial charge is 0.210 e. The first-order valence-electron chi connectivity index (χ1n) is 8.92. The van der Waals surface area contributed by atoms with E-state index in [1.165, 1.54) is 22.5 Å². The second kappa shape index (κ2) is 8.05. The lowest BCUT2D eigenvalue weighted by molar-refractivity contribution is 0.497. The van der Waals surface area contributed by atoms with E-state index in [0.29, 0.717) is 5.02 Å². The van der Waals surface area contributed by atoms with Crippen molar-refractivity contribution in [2.75, 3.05) is 5.32 Å². The zero-order valence-electron chi connectivity index (χ0n) is 15.6. The van der Waals surface area contributed by atoms with Crippen molar-refractivity contribution in [3.63, 3.8) is 0 Å². The molecular formula is C23H19ClN2OS. The number of ether oxygens (including phenoxy) is 1. The lowest BCUT2D eigenvalue weighted by Crippen LogP contribution is -1.91. The Morgan fingerprint density at radius 2 is 1.64 bits per heavy atom. The Balaban J connectivity index is 1.69. The number of rotatable bonds is 5. The number of halogens is 1. The van der Waals surface area contributed by atoms with Crippen molar-refractivity contribution >= 4 is 33.8 Å². The van der Waals surface area contributed by atoms with Crippen LogP contribution in [0, 0.1) is 13.8 Å². The minimum absolute atomic E-state index is 0.678. The number of thiazole rings is 1. The van der Waals surface area contributed by atoms with Crippen molar-refractivity contribution < 1.29 is 4.74 Å². The van der Waals surface area contributed by atoms with Gasteiger partial charge in [0.25, 0.3) is 0 Å². The van der Waals surface area contributed by atoms with E-state index in [1.54, 1.807) is 0 Å². The molecule has 5 heteroatoms. The Labute approximate surface area is 173 Å². The van der Waals surface area contributed by atoms with Crippen molar-refractivity contribution in [3.05, 3.63) is 88.9 Å². The molecule has 0 saturated carbocycles. The fourth-order valence-corrected chi connectivity index (χ4v) is 3.77. The molecule has 0 aliphatic rings. The molecular weight excluding hydrogens is 388 g/mol. The van der Waals surface area contributed by atoms with Gasteiger partial charge in [-0.3, -0.25) is 0 Å². The van der Waals surface area contributed by atoms with E-state index >= 15 is 0 Å². The van der Waals surface area contributed by atoms with E-state index in [1.807, 2.05) is 54.6 Å². The van der Waals surface area contributed by atoms with Crippen LogP contribution in [0.4, 0.5) is 10.8 Å². The lowest BCUT2D eigenvalue weighted by Gasteiger charge is -2.05. The molecule has 0 amide bonds. The van der Waals surface area contributed by atoms with Crippen molar-refractivity contribution in [2.24, 2.45) is 0 Å². The van der Waals surface area contributed by atoms with Gasteiger partial charge in [-0.05, 0) is 61.4 Å². The van der Waals surface area contributed by atoms with E-state index in [-0.39, 0.29) is 0 Å². The highest BCUT2D eigenvalue weighted by Gasteiger charge is 2.16. The van der Waals surface area contributed by atoms with Crippen LogP contribution in [0.3, 0.4) is 0 Å². The molecule has 0 aliphatic heterocycles. The number of aryl methyl sites for hydroxylation is 2. The first-order valence-corrected chi connectivity index (χ1v) is 10.1. The van der Waals surface area contributed by atoms with E-state index in [2.05, 4.69) is 37.4 Å². The van der Waals surface area contributed by atoms with Crippen molar-refractivity contribution in [1.29, 1.82) is 0 Å². The fourth-order valence-electron chi connectivity index (χ4n) is 2.76. The number of aromatic nitrogens is 1. The van der Waals surface area contributed by atoms with Crippen molar-refractivity contribution in [3.8, 4) is 22.1 Å².